The number of carbonyl (C=O) groups excluding carboxylic acids is 2. The van der Waals surface area contributed by atoms with Crippen molar-refractivity contribution in [2.75, 3.05) is 6.61 Å². The Morgan fingerprint density at radius 1 is 0.706 bits per heavy atom. The van der Waals surface area contributed by atoms with Crippen LogP contribution in [0.25, 0.3) is 0 Å². The van der Waals surface area contributed by atoms with E-state index >= 15 is 0 Å². The zero-order valence-corrected chi connectivity index (χ0v) is 22.7. The van der Waals surface area contributed by atoms with Crippen LogP contribution in [0.5, 0.6) is 5.75 Å². The van der Waals surface area contributed by atoms with Gasteiger partial charge in [-0.15, -0.1) is 0 Å². The first-order valence-electron chi connectivity index (χ1n) is 13.9. The molecule has 1 aromatic rings. The van der Waals surface area contributed by atoms with E-state index < -0.39 is 17.4 Å². The highest BCUT2D eigenvalue weighted by atomic mass is 16.6. The third-order valence-corrected chi connectivity index (χ3v) is 7.23. The Labute approximate surface area is 209 Å². The largest absolute Gasteiger partial charge is 0.465 e. The van der Waals surface area contributed by atoms with Crippen molar-refractivity contribution < 1.29 is 19.1 Å². The third kappa shape index (κ3) is 10.2. The van der Waals surface area contributed by atoms with E-state index in [0.29, 0.717) is 25.2 Å². The van der Waals surface area contributed by atoms with Crippen molar-refractivity contribution in [3.63, 3.8) is 0 Å². The van der Waals surface area contributed by atoms with Gasteiger partial charge in [0.1, 0.15) is 5.75 Å². The predicted octanol–water partition coefficient (Wildman–Crippen LogP) is 8.65. The van der Waals surface area contributed by atoms with Crippen LogP contribution in [-0.4, -0.2) is 18.5 Å². The van der Waals surface area contributed by atoms with Crippen LogP contribution in [-0.2, 0) is 14.3 Å². The maximum absolute atomic E-state index is 13.0. The van der Waals surface area contributed by atoms with Crippen molar-refractivity contribution >= 4 is 11.9 Å². The molecule has 0 amide bonds. The van der Waals surface area contributed by atoms with E-state index in [-0.39, 0.29) is 0 Å². The predicted molar refractivity (Wildman–Crippen MR) is 141 cm³/mol. The van der Waals surface area contributed by atoms with E-state index in [1.165, 1.54) is 70.6 Å². The molecule has 4 nitrogen and oxygen atoms in total. The van der Waals surface area contributed by atoms with Crippen LogP contribution in [0.15, 0.2) is 18.2 Å². The molecule has 0 saturated heterocycles. The molecule has 1 aromatic carbocycles. The average molecular weight is 475 g/mol. The lowest BCUT2D eigenvalue weighted by Crippen LogP contribution is -2.42. The van der Waals surface area contributed by atoms with E-state index in [9.17, 15) is 9.59 Å². The highest BCUT2D eigenvalue weighted by Crippen LogP contribution is 2.32. The van der Waals surface area contributed by atoms with Crippen LogP contribution in [0.1, 0.15) is 128 Å². The van der Waals surface area contributed by atoms with Gasteiger partial charge in [-0.2, -0.15) is 0 Å². The maximum Gasteiger partial charge on any atom is 0.328 e. The number of ether oxygens (including phenoxy) is 2. The summed E-state index contributed by atoms with van der Waals surface area (Å²) in [5.74, 6) is -0.450. The number of unbranched alkanes of at least 4 members (excludes halogenated alkanes) is 12. The number of aryl methyl sites for hydroxylation is 1. The molecular weight excluding hydrogens is 424 g/mol. The molecule has 0 heterocycles. The minimum Gasteiger partial charge on any atom is -0.465 e. The van der Waals surface area contributed by atoms with Crippen LogP contribution in [0, 0.1) is 19.3 Å². The first-order valence-corrected chi connectivity index (χ1v) is 13.9. The Balaban J connectivity index is 2.28. The third-order valence-electron chi connectivity index (χ3n) is 7.23. The van der Waals surface area contributed by atoms with E-state index in [1.807, 2.05) is 39.8 Å². The fourth-order valence-electron chi connectivity index (χ4n) is 4.37. The van der Waals surface area contributed by atoms with E-state index in [1.54, 1.807) is 6.07 Å². The Morgan fingerprint density at radius 3 is 1.71 bits per heavy atom. The molecule has 0 atom stereocenters. The number of rotatable bonds is 19. The smallest absolute Gasteiger partial charge is 0.328 e. The van der Waals surface area contributed by atoms with Gasteiger partial charge in [-0.1, -0.05) is 110 Å². The standard InChI is InChI=1S/C30H50O4/c1-6-9-10-11-12-13-14-15-16-17-18-19-20-24-33-28(31)30(7-2,8-3)29(32)34-27-23-21-22-25(4)26(27)5/h21-23H,6-20,24H2,1-5H3. The molecule has 0 aliphatic heterocycles. The zero-order valence-electron chi connectivity index (χ0n) is 22.7. The summed E-state index contributed by atoms with van der Waals surface area (Å²) in [7, 11) is 0. The molecule has 0 aliphatic carbocycles. The van der Waals surface area contributed by atoms with E-state index in [2.05, 4.69) is 6.92 Å². The van der Waals surface area contributed by atoms with Crippen molar-refractivity contribution in [1.29, 1.82) is 0 Å². The molecular formula is C30H50O4. The molecule has 0 radical (unpaired) electrons. The topological polar surface area (TPSA) is 52.6 Å². The molecule has 0 spiro atoms. The van der Waals surface area contributed by atoms with Gasteiger partial charge in [0.25, 0.3) is 0 Å². The maximum atomic E-state index is 13.0. The Morgan fingerprint density at radius 2 is 1.21 bits per heavy atom. The second-order valence-corrected chi connectivity index (χ2v) is 9.76. The number of hydrogen-bond acceptors (Lipinski definition) is 4. The minimum atomic E-state index is -1.24. The van der Waals surface area contributed by atoms with Crippen LogP contribution >= 0.6 is 0 Å². The van der Waals surface area contributed by atoms with Gasteiger partial charge in [-0.05, 0) is 50.3 Å². The summed E-state index contributed by atoms with van der Waals surface area (Å²) in [4.78, 5) is 25.9. The van der Waals surface area contributed by atoms with Gasteiger partial charge in [0.05, 0.1) is 6.61 Å². The van der Waals surface area contributed by atoms with E-state index in [0.717, 1.165) is 24.0 Å². The lowest BCUT2D eigenvalue weighted by molar-refractivity contribution is -0.168. The highest BCUT2D eigenvalue weighted by Gasteiger charge is 2.46. The molecule has 4 heteroatoms. The van der Waals surface area contributed by atoms with Gasteiger partial charge >= 0.3 is 11.9 Å². The normalized spacial score (nSPS) is 11.4. The lowest BCUT2D eigenvalue weighted by atomic mass is 9.82. The molecule has 1 rings (SSSR count). The summed E-state index contributed by atoms with van der Waals surface area (Å²) in [5.41, 5.74) is 0.721. The van der Waals surface area contributed by atoms with Gasteiger partial charge < -0.3 is 9.47 Å². The van der Waals surface area contributed by atoms with Crippen molar-refractivity contribution in [2.45, 2.75) is 131 Å². The molecule has 0 saturated carbocycles. The number of benzene rings is 1. The molecule has 0 N–H and O–H groups in total. The number of carbonyl (C=O) groups is 2. The molecule has 34 heavy (non-hydrogen) atoms. The molecule has 194 valence electrons. The number of esters is 2. The summed E-state index contributed by atoms with van der Waals surface area (Å²) in [6.45, 7) is 10.2. The van der Waals surface area contributed by atoms with Gasteiger partial charge in [0.2, 0.25) is 0 Å². The first kappa shape index (κ1) is 30.2. The lowest BCUT2D eigenvalue weighted by Gasteiger charge is -2.27. The monoisotopic (exact) mass is 474 g/mol. The van der Waals surface area contributed by atoms with E-state index in [4.69, 9.17) is 9.47 Å². The second-order valence-electron chi connectivity index (χ2n) is 9.76. The van der Waals surface area contributed by atoms with Crippen LogP contribution in [0.4, 0.5) is 0 Å². The second kappa shape index (κ2) is 17.6. The van der Waals surface area contributed by atoms with Crippen molar-refractivity contribution in [3.8, 4) is 5.75 Å². The molecule has 0 fully saturated rings. The summed E-state index contributed by atoms with van der Waals surface area (Å²) in [6, 6.07) is 5.61. The molecule has 0 unspecified atom stereocenters. The first-order chi connectivity index (χ1) is 16.4. The quantitative estimate of drug-likeness (QED) is 0.0871. The summed E-state index contributed by atoms with van der Waals surface area (Å²) >= 11 is 0. The highest BCUT2D eigenvalue weighted by molar-refractivity contribution is 6.00. The Kier molecular flexibility index (Phi) is 15.6. The fraction of sp³-hybridized carbons (Fsp3) is 0.733. The summed E-state index contributed by atoms with van der Waals surface area (Å²) in [6.07, 6.45) is 17.3. The molecule has 0 aliphatic rings. The van der Waals surface area contributed by atoms with Crippen molar-refractivity contribution in [2.24, 2.45) is 5.41 Å². The molecule has 0 aromatic heterocycles. The van der Waals surface area contributed by atoms with Crippen LogP contribution < -0.4 is 4.74 Å². The van der Waals surface area contributed by atoms with Crippen LogP contribution in [0.2, 0.25) is 0 Å². The SMILES string of the molecule is CCCCCCCCCCCCCCCOC(=O)C(CC)(CC)C(=O)Oc1cccc(C)c1C. The summed E-state index contributed by atoms with van der Waals surface area (Å²) in [5, 5.41) is 0. The Bertz CT molecular complexity index is 706. The zero-order chi connectivity index (χ0) is 25.2. The van der Waals surface area contributed by atoms with Gasteiger partial charge in [-0.3, -0.25) is 9.59 Å². The van der Waals surface area contributed by atoms with Crippen molar-refractivity contribution in [3.05, 3.63) is 29.3 Å². The average Bonchev–Trinajstić information content (AvgIpc) is 2.83. The minimum absolute atomic E-state index is 0.366. The van der Waals surface area contributed by atoms with Crippen LogP contribution in [0.3, 0.4) is 0 Å². The fourth-order valence-corrected chi connectivity index (χ4v) is 4.37. The summed E-state index contributed by atoms with van der Waals surface area (Å²) < 4.78 is 11.2. The van der Waals surface area contributed by atoms with Gasteiger partial charge in [-0.25, -0.2) is 0 Å². The Hall–Kier alpha value is -1.84. The van der Waals surface area contributed by atoms with Gasteiger partial charge in [0.15, 0.2) is 5.41 Å². The van der Waals surface area contributed by atoms with Gasteiger partial charge in [0, 0.05) is 0 Å². The van der Waals surface area contributed by atoms with Crippen molar-refractivity contribution in [1.82, 2.24) is 0 Å². The number of hydrogen-bond donors (Lipinski definition) is 0. The molecule has 0 bridgehead atoms.